The molecule has 1 fully saturated rings. The molecule has 0 saturated carbocycles. The van der Waals surface area contributed by atoms with Gasteiger partial charge < -0.3 is 10.0 Å². The maximum Gasteiger partial charge on any atom is 0.345 e. The number of rotatable bonds is 5. The molecule has 0 aromatic carbocycles. The number of hydrogen-bond donors (Lipinski definition) is 1. The van der Waals surface area contributed by atoms with E-state index in [0.717, 1.165) is 17.8 Å². The molecule has 1 aromatic rings. The van der Waals surface area contributed by atoms with Gasteiger partial charge in [0.15, 0.2) is 5.13 Å². The summed E-state index contributed by atoms with van der Waals surface area (Å²) in [4.78, 5) is 27.5. The van der Waals surface area contributed by atoms with Gasteiger partial charge in [-0.05, 0) is 24.2 Å². The first-order valence-corrected chi connectivity index (χ1v) is 6.89. The van der Waals surface area contributed by atoms with Crippen molar-refractivity contribution in [2.75, 3.05) is 18.0 Å². The zero-order valence-electron chi connectivity index (χ0n) is 10.5. The third kappa shape index (κ3) is 2.53. The highest BCUT2D eigenvalue weighted by Crippen LogP contribution is 2.39. The van der Waals surface area contributed by atoms with Gasteiger partial charge in [0.1, 0.15) is 6.20 Å². The van der Waals surface area contributed by atoms with Gasteiger partial charge in [0.25, 0.3) is 0 Å². The smallest absolute Gasteiger partial charge is 0.345 e. The highest BCUT2D eigenvalue weighted by Gasteiger charge is 2.44. The fourth-order valence-corrected chi connectivity index (χ4v) is 3.24. The van der Waals surface area contributed by atoms with Gasteiger partial charge in [-0.25, -0.2) is 4.98 Å². The number of aromatic nitrogens is 1. The van der Waals surface area contributed by atoms with E-state index in [1.54, 1.807) is 0 Å². The molecule has 0 amide bonds. The number of nitro groups is 1. The highest BCUT2D eigenvalue weighted by atomic mass is 32.1. The molecular formula is C11H15N3O4S. The van der Waals surface area contributed by atoms with Crippen LogP contribution in [-0.2, 0) is 4.79 Å². The third-order valence-corrected chi connectivity index (χ3v) is 4.48. The Morgan fingerprint density at radius 2 is 2.47 bits per heavy atom. The number of aliphatic carboxylic acids is 1. The van der Waals surface area contributed by atoms with Crippen LogP contribution in [0.4, 0.5) is 10.1 Å². The summed E-state index contributed by atoms with van der Waals surface area (Å²) in [6, 6.07) is 0. The predicted molar refractivity (Wildman–Crippen MR) is 70.6 cm³/mol. The summed E-state index contributed by atoms with van der Waals surface area (Å²) in [7, 11) is 0. The lowest BCUT2D eigenvalue weighted by Gasteiger charge is -2.23. The Bertz CT molecular complexity index is 504. The lowest BCUT2D eigenvalue weighted by Crippen LogP contribution is -2.34. The van der Waals surface area contributed by atoms with Crippen LogP contribution < -0.4 is 4.90 Å². The van der Waals surface area contributed by atoms with Crippen molar-refractivity contribution in [3.05, 3.63) is 16.3 Å². The number of hydrogen-bond acceptors (Lipinski definition) is 6. The maximum atomic E-state index is 11.5. The van der Waals surface area contributed by atoms with Crippen LogP contribution in [0.25, 0.3) is 0 Å². The van der Waals surface area contributed by atoms with E-state index >= 15 is 0 Å². The van der Waals surface area contributed by atoms with E-state index in [0.29, 0.717) is 31.1 Å². The lowest BCUT2D eigenvalue weighted by atomic mass is 9.83. The van der Waals surface area contributed by atoms with Crippen LogP contribution >= 0.6 is 11.3 Å². The van der Waals surface area contributed by atoms with E-state index in [9.17, 15) is 20.0 Å². The fourth-order valence-electron chi connectivity index (χ4n) is 2.49. The van der Waals surface area contributed by atoms with Gasteiger partial charge in [0, 0.05) is 13.1 Å². The van der Waals surface area contributed by atoms with Crippen molar-refractivity contribution in [1.82, 2.24) is 4.98 Å². The Kier molecular flexibility index (Phi) is 3.70. The average Bonchev–Trinajstić information content (AvgIpc) is 2.95. The third-order valence-electron chi connectivity index (χ3n) is 3.47. The van der Waals surface area contributed by atoms with Crippen LogP contribution in [0.15, 0.2) is 6.20 Å². The second-order valence-corrected chi connectivity index (χ2v) is 5.73. The molecule has 1 saturated heterocycles. The molecular weight excluding hydrogens is 270 g/mol. The number of anilines is 1. The summed E-state index contributed by atoms with van der Waals surface area (Å²) >= 11 is 0.992. The van der Waals surface area contributed by atoms with Crippen LogP contribution in [0.1, 0.15) is 26.2 Å². The van der Waals surface area contributed by atoms with Gasteiger partial charge in [0.05, 0.1) is 10.3 Å². The molecule has 0 radical (unpaired) electrons. The Hall–Kier alpha value is -1.70. The maximum absolute atomic E-state index is 11.5. The van der Waals surface area contributed by atoms with Crippen molar-refractivity contribution in [3.8, 4) is 0 Å². The minimum Gasteiger partial charge on any atom is -0.481 e. The number of thiazole rings is 1. The Morgan fingerprint density at radius 3 is 3.00 bits per heavy atom. The predicted octanol–water partition coefficient (Wildman–Crippen LogP) is 2.13. The van der Waals surface area contributed by atoms with Gasteiger partial charge in [-0.3, -0.25) is 14.9 Å². The van der Waals surface area contributed by atoms with Crippen LogP contribution in [0.3, 0.4) is 0 Å². The van der Waals surface area contributed by atoms with Crippen LogP contribution in [0.2, 0.25) is 0 Å². The summed E-state index contributed by atoms with van der Waals surface area (Å²) in [6.07, 6.45) is 3.20. The minimum atomic E-state index is -0.789. The molecule has 1 aliphatic rings. The van der Waals surface area contributed by atoms with E-state index in [-0.39, 0.29) is 5.00 Å². The Morgan fingerprint density at radius 1 is 1.74 bits per heavy atom. The minimum absolute atomic E-state index is 0.0154. The van der Waals surface area contributed by atoms with E-state index in [1.165, 1.54) is 6.20 Å². The van der Waals surface area contributed by atoms with Gasteiger partial charge in [0.2, 0.25) is 0 Å². The Labute approximate surface area is 114 Å². The standard InChI is InChI=1S/C11H15N3O4S/c1-2-3-11(9(15)16)4-5-13(7-11)10-12-6-8(19-10)14(17)18/h6H,2-5,7H2,1H3,(H,15,16). The molecule has 8 heteroatoms. The number of carbonyl (C=O) groups is 1. The normalized spacial score (nSPS) is 22.7. The molecule has 2 heterocycles. The largest absolute Gasteiger partial charge is 0.481 e. The lowest BCUT2D eigenvalue weighted by molar-refractivity contribution is -0.380. The number of carboxylic acids is 1. The van der Waals surface area contributed by atoms with E-state index < -0.39 is 16.3 Å². The van der Waals surface area contributed by atoms with Crippen LogP contribution in [0, 0.1) is 15.5 Å². The molecule has 104 valence electrons. The summed E-state index contributed by atoms with van der Waals surface area (Å²) in [5.74, 6) is -0.789. The summed E-state index contributed by atoms with van der Waals surface area (Å²) < 4.78 is 0. The molecule has 0 aliphatic carbocycles. The summed E-state index contributed by atoms with van der Waals surface area (Å²) in [5.41, 5.74) is -0.741. The topological polar surface area (TPSA) is 96.6 Å². The van der Waals surface area contributed by atoms with Gasteiger partial charge in [-0.15, -0.1) is 0 Å². The van der Waals surface area contributed by atoms with Crippen molar-refractivity contribution in [2.45, 2.75) is 26.2 Å². The van der Waals surface area contributed by atoms with Crippen LogP contribution in [-0.4, -0.2) is 34.1 Å². The first-order valence-electron chi connectivity index (χ1n) is 6.07. The van der Waals surface area contributed by atoms with Crippen molar-refractivity contribution in [3.63, 3.8) is 0 Å². The fraction of sp³-hybridized carbons (Fsp3) is 0.636. The second-order valence-electron chi connectivity index (χ2n) is 4.75. The second kappa shape index (κ2) is 5.12. The van der Waals surface area contributed by atoms with Gasteiger partial charge in [-0.1, -0.05) is 13.3 Å². The first-order chi connectivity index (χ1) is 8.98. The first kappa shape index (κ1) is 13.7. The monoisotopic (exact) mass is 285 g/mol. The van der Waals surface area contributed by atoms with E-state index in [4.69, 9.17) is 0 Å². The molecule has 1 N–H and O–H groups in total. The summed E-state index contributed by atoms with van der Waals surface area (Å²) in [6.45, 7) is 2.92. The number of carboxylic acid groups (broad SMARTS) is 1. The van der Waals surface area contributed by atoms with E-state index in [2.05, 4.69) is 4.98 Å². The summed E-state index contributed by atoms with van der Waals surface area (Å²) in [5, 5.41) is 20.5. The SMILES string of the molecule is CCCC1(C(=O)O)CCN(c2ncc([N+](=O)[O-])s2)C1. The molecule has 7 nitrogen and oxygen atoms in total. The molecule has 1 atom stereocenters. The van der Waals surface area contributed by atoms with Crippen LogP contribution in [0.5, 0.6) is 0 Å². The molecule has 1 unspecified atom stereocenters. The van der Waals surface area contributed by atoms with Crippen molar-refractivity contribution >= 4 is 27.4 Å². The zero-order valence-corrected chi connectivity index (χ0v) is 11.4. The van der Waals surface area contributed by atoms with Gasteiger partial charge in [-0.2, -0.15) is 0 Å². The molecule has 0 spiro atoms. The quantitative estimate of drug-likeness (QED) is 0.657. The van der Waals surface area contributed by atoms with Crippen molar-refractivity contribution < 1.29 is 14.8 Å². The van der Waals surface area contributed by atoms with Gasteiger partial charge >= 0.3 is 11.0 Å². The highest BCUT2D eigenvalue weighted by molar-refractivity contribution is 7.18. The molecule has 2 rings (SSSR count). The zero-order chi connectivity index (χ0) is 14.0. The Balaban J connectivity index is 2.16. The molecule has 1 aromatic heterocycles. The number of nitrogens with zero attached hydrogens (tertiary/aromatic N) is 3. The molecule has 0 bridgehead atoms. The molecule has 1 aliphatic heterocycles. The van der Waals surface area contributed by atoms with Crippen molar-refractivity contribution in [2.24, 2.45) is 5.41 Å². The average molecular weight is 285 g/mol. The van der Waals surface area contributed by atoms with E-state index in [1.807, 2.05) is 11.8 Å². The van der Waals surface area contributed by atoms with Crippen molar-refractivity contribution in [1.29, 1.82) is 0 Å². The molecule has 19 heavy (non-hydrogen) atoms.